The molecule has 0 fully saturated rings. The van der Waals surface area contributed by atoms with Crippen molar-refractivity contribution < 1.29 is 0 Å². The second-order valence-corrected chi connectivity index (χ2v) is 4.37. The van der Waals surface area contributed by atoms with Crippen LogP contribution >= 0.6 is 0 Å². The lowest BCUT2D eigenvalue weighted by molar-refractivity contribution is 0.524. The van der Waals surface area contributed by atoms with Gasteiger partial charge in [0.05, 0.1) is 0 Å². The first-order valence-electron chi connectivity index (χ1n) is 5.61. The maximum atomic E-state index is 5.56. The van der Waals surface area contributed by atoms with Crippen LogP contribution in [0, 0.1) is 0 Å². The van der Waals surface area contributed by atoms with E-state index in [1.807, 2.05) is 13.0 Å². The van der Waals surface area contributed by atoms with Gasteiger partial charge in [-0.3, -0.25) is 0 Å². The van der Waals surface area contributed by atoms with E-state index in [2.05, 4.69) is 34.4 Å². The van der Waals surface area contributed by atoms with E-state index in [9.17, 15) is 0 Å². The molecule has 0 saturated carbocycles. The Morgan fingerprint density at radius 3 is 2.62 bits per heavy atom. The first kappa shape index (κ1) is 12.7. The molecule has 0 aliphatic rings. The summed E-state index contributed by atoms with van der Waals surface area (Å²) in [5.41, 5.74) is 5.51. The summed E-state index contributed by atoms with van der Waals surface area (Å²) in [6.07, 6.45) is 2.45. The molecular weight excluding hydrogens is 202 g/mol. The molecule has 0 amide bonds. The van der Waals surface area contributed by atoms with E-state index >= 15 is 0 Å². The number of rotatable bonds is 6. The highest BCUT2D eigenvalue weighted by atomic mass is 15.1. The van der Waals surface area contributed by atoms with Gasteiger partial charge in [-0.15, -0.1) is 0 Å². The smallest absolute Gasteiger partial charge is 0.131 e. The van der Waals surface area contributed by atoms with Gasteiger partial charge in [0, 0.05) is 18.2 Å². The van der Waals surface area contributed by atoms with Crippen molar-refractivity contribution in [3.63, 3.8) is 0 Å². The minimum absolute atomic E-state index is 0.0490. The van der Waals surface area contributed by atoms with E-state index in [1.54, 1.807) is 6.33 Å². The quantitative estimate of drug-likeness (QED) is 0.680. The molecule has 1 rings (SSSR count). The maximum absolute atomic E-state index is 5.56. The van der Waals surface area contributed by atoms with Crippen molar-refractivity contribution in [3.05, 3.63) is 12.4 Å². The topological polar surface area (TPSA) is 75.9 Å². The van der Waals surface area contributed by atoms with Crippen LogP contribution < -0.4 is 16.4 Å². The first-order valence-corrected chi connectivity index (χ1v) is 5.61. The van der Waals surface area contributed by atoms with E-state index in [0.29, 0.717) is 6.54 Å². The van der Waals surface area contributed by atoms with E-state index < -0.39 is 0 Å². The number of aromatic nitrogens is 2. The predicted molar refractivity (Wildman–Crippen MR) is 67.6 cm³/mol. The normalized spacial score (nSPS) is 11.2. The van der Waals surface area contributed by atoms with Crippen LogP contribution in [0.1, 0.15) is 27.2 Å². The molecule has 0 radical (unpaired) electrons. The number of hydrogen-bond donors (Lipinski definition) is 3. The zero-order chi connectivity index (χ0) is 12.0. The molecule has 0 bridgehead atoms. The number of nitrogens with zero attached hydrogens (tertiary/aromatic N) is 2. The van der Waals surface area contributed by atoms with Crippen LogP contribution in [0.3, 0.4) is 0 Å². The Bertz CT molecular complexity index is 324. The minimum atomic E-state index is -0.0490. The molecule has 1 aromatic rings. The highest BCUT2D eigenvalue weighted by molar-refractivity contribution is 5.47. The lowest BCUT2D eigenvalue weighted by atomic mass is 10.0. The third-order valence-electron chi connectivity index (χ3n) is 2.26. The summed E-state index contributed by atoms with van der Waals surface area (Å²) in [5, 5.41) is 6.50. The van der Waals surface area contributed by atoms with Gasteiger partial charge in [0.2, 0.25) is 0 Å². The molecule has 0 aromatic carbocycles. The van der Waals surface area contributed by atoms with Gasteiger partial charge in [0.25, 0.3) is 0 Å². The fourth-order valence-electron chi connectivity index (χ4n) is 1.47. The van der Waals surface area contributed by atoms with Gasteiger partial charge in [-0.2, -0.15) is 0 Å². The SMILES string of the molecule is CCNc1cc(NC(C)(C)CCN)ncn1. The number of hydrogen-bond acceptors (Lipinski definition) is 5. The maximum Gasteiger partial charge on any atom is 0.131 e. The Balaban J connectivity index is 2.69. The largest absolute Gasteiger partial charge is 0.370 e. The highest BCUT2D eigenvalue weighted by Crippen LogP contribution is 2.17. The Morgan fingerprint density at radius 1 is 1.31 bits per heavy atom. The first-order chi connectivity index (χ1) is 7.57. The van der Waals surface area contributed by atoms with Crippen molar-refractivity contribution in [1.29, 1.82) is 0 Å². The molecule has 0 atom stereocenters. The summed E-state index contributed by atoms with van der Waals surface area (Å²) >= 11 is 0. The van der Waals surface area contributed by atoms with Crippen LogP contribution in [0.2, 0.25) is 0 Å². The Kier molecular flexibility index (Phi) is 4.49. The molecule has 1 heterocycles. The number of nitrogens with one attached hydrogen (secondary N) is 2. The number of anilines is 2. The Morgan fingerprint density at radius 2 is 2.00 bits per heavy atom. The van der Waals surface area contributed by atoms with E-state index in [-0.39, 0.29) is 5.54 Å². The molecule has 16 heavy (non-hydrogen) atoms. The molecule has 5 nitrogen and oxygen atoms in total. The van der Waals surface area contributed by atoms with Gasteiger partial charge in [0.1, 0.15) is 18.0 Å². The van der Waals surface area contributed by atoms with Gasteiger partial charge in [0.15, 0.2) is 0 Å². The van der Waals surface area contributed by atoms with Crippen molar-refractivity contribution >= 4 is 11.6 Å². The molecule has 4 N–H and O–H groups in total. The van der Waals surface area contributed by atoms with Crippen molar-refractivity contribution in [2.75, 3.05) is 23.7 Å². The molecule has 0 spiro atoms. The highest BCUT2D eigenvalue weighted by Gasteiger charge is 2.16. The lowest BCUT2D eigenvalue weighted by Crippen LogP contribution is -2.33. The van der Waals surface area contributed by atoms with Crippen LogP contribution in [-0.4, -0.2) is 28.6 Å². The summed E-state index contributed by atoms with van der Waals surface area (Å²) in [6.45, 7) is 7.76. The lowest BCUT2D eigenvalue weighted by Gasteiger charge is -2.26. The monoisotopic (exact) mass is 223 g/mol. The third kappa shape index (κ3) is 4.02. The summed E-state index contributed by atoms with van der Waals surface area (Å²) in [6, 6.07) is 1.90. The molecule has 5 heteroatoms. The van der Waals surface area contributed by atoms with Crippen LogP contribution in [0.15, 0.2) is 12.4 Å². The van der Waals surface area contributed by atoms with Gasteiger partial charge < -0.3 is 16.4 Å². The van der Waals surface area contributed by atoms with Crippen LogP contribution in [0.25, 0.3) is 0 Å². The predicted octanol–water partition coefficient (Wildman–Crippen LogP) is 1.45. The molecular formula is C11H21N5. The van der Waals surface area contributed by atoms with Gasteiger partial charge in [-0.05, 0) is 33.7 Å². The van der Waals surface area contributed by atoms with E-state index in [0.717, 1.165) is 24.6 Å². The summed E-state index contributed by atoms with van der Waals surface area (Å²) in [7, 11) is 0. The van der Waals surface area contributed by atoms with Crippen LogP contribution in [-0.2, 0) is 0 Å². The van der Waals surface area contributed by atoms with Gasteiger partial charge in [-0.25, -0.2) is 9.97 Å². The minimum Gasteiger partial charge on any atom is -0.370 e. The van der Waals surface area contributed by atoms with E-state index in [1.165, 1.54) is 0 Å². The average Bonchev–Trinajstić information content (AvgIpc) is 2.17. The molecule has 1 aromatic heterocycles. The average molecular weight is 223 g/mol. The number of nitrogens with two attached hydrogens (primary N) is 1. The van der Waals surface area contributed by atoms with Crippen LogP contribution in [0.5, 0.6) is 0 Å². The zero-order valence-corrected chi connectivity index (χ0v) is 10.2. The standard InChI is InChI=1S/C11H21N5/c1-4-13-9-7-10(15-8-14-9)16-11(2,3)5-6-12/h7-8H,4-6,12H2,1-3H3,(H2,13,14,15,16). The van der Waals surface area contributed by atoms with Crippen molar-refractivity contribution in [1.82, 2.24) is 9.97 Å². The molecule has 0 aliphatic carbocycles. The molecule has 0 aliphatic heterocycles. The summed E-state index contributed by atoms with van der Waals surface area (Å²) in [5.74, 6) is 1.66. The summed E-state index contributed by atoms with van der Waals surface area (Å²) in [4.78, 5) is 8.30. The third-order valence-corrected chi connectivity index (χ3v) is 2.26. The van der Waals surface area contributed by atoms with Crippen LogP contribution in [0.4, 0.5) is 11.6 Å². The van der Waals surface area contributed by atoms with Crippen molar-refractivity contribution in [3.8, 4) is 0 Å². The molecule has 0 unspecified atom stereocenters. The zero-order valence-electron chi connectivity index (χ0n) is 10.2. The van der Waals surface area contributed by atoms with Gasteiger partial charge >= 0.3 is 0 Å². The molecule has 0 saturated heterocycles. The summed E-state index contributed by atoms with van der Waals surface area (Å²) < 4.78 is 0. The Labute approximate surface area is 96.9 Å². The van der Waals surface area contributed by atoms with Crippen molar-refractivity contribution in [2.24, 2.45) is 5.73 Å². The second kappa shape index (κ2) is 5.65. The van der Waals surface area contributed by atoms with Crippen molar-refractivity contribution in [2.45, 2.75) is 32.7 Å². The van der Waals surface area contributed by atoms with E-state index in [4.69, 9.17) is 5.73 Å². The Hall–Kier alpha value is -1.36. The van der Waals surface area contributed by atoms with Gasteiger partial charge in [-0.1, -0.05) is 0 Å². The molecule has 90 valence electrons. The fraction of sp³-hybridized carbons (Fsp3) is 0.636. The second-order valence-electron chi connectivity index (χ2n) is 4.37. The fourth-order valence-corrected chi connectivity index (χ4v) is 1.47.